The van der Waals surface area contributed by atoms with Crippen LogP contribution in [0.1, 0.15) is 11.1 Å². The lowest BCUT2D eigenvalue weighted by molar-refractivity contribution is -0.137. The van der Waals surface area contributed by atoms with E-state index >= 15 is 0 Å². The van der Waals surface area contributed by atoms with E-state index < -0.39 is 17.8 Å². The fraction of sp³-hybridized carbons (Fsp3) is 0.133. The van der Waals surface area contributed by atoms with Crippen molar-refractivity contribution in [1.82, 2.24) is 5.32 Å². The number of rotatable bonds is 3. The molecule has 0 aliphatic carbocycles. The molecule has 0 aromatic heterocycles. The van der Waals surface area contributed by atoms with Crippen LogP contribution in [0, 0.1) is 0 Å². The van der Waals surface area contributed by atoms with Gasteiger partial charge in [-0.3, -0.25) is 0 Å². The molecule has 2 N–H and O–H groups in total. The molecule has 7 heteroatoms. The number of carbonyl (C=O) groups is 1. The average Bonchev–Trinajstić information content (AvgIpc) is 2.46. The molecule has 0 saturated carbocycles. The van der Waals surface area contributed by atoms with Gasteiger partial charge in [0.1, 0.15) is 0 Å². The van der Waals surface area contributed by atoms with E-state index in [-0.39, 0.29) is 12.2 Å². The van der Waals surface area contributed by atoms with Crippen molar-refractivity contribution >= 4 is 23.3 Å². The first-order valence-corrected chi connectivity index (χ1v) is 6.69. The summed E-state index contributed by atoms with van der Waals surface area (Å²) >= 11 is 5.95. The van der Waals surface area contributed by atoms with Gasteiger partial charge in [-0.1, -0.05) is 29.8 Å². The molecule has 0 atom stereocenters. The number of hydrogen-bond acceptors (Lipinski definition) is 1. The van der Waals surface area contributed by atoms with E-state index in [9.17, 15) is 18.0 Å². The van der Waals surface area contributed by atoms with Crippen LogP contribution in [0.4, 0.5) is 23.7 Å². The van der Waals surface area contributed by atoms with Gasteiger partial charge in [0.15, 0.2) is 0 Å². The first-order valence-electron chi connectivity index (χ1n) is 6.32. The van der Waals surface area contributed by atoms with Gasteiger partial charge in [-0.2, -0.15) is 13.2 Å². The molecule has 2 rings (SSSR count). The topological polar surface area (TPSA) is 41.1 Å². The largest absolute Gasteiger partial charge is 0.416 e. The van der Waals surface area contributed by atoms with Gasteiger partial charge in [0.2, 0.25) is 0 Å². The van der Waals surface area contributed by atoms with Gasteiger partial charge in [-0.15, -0.1) is 0 Å². The highest BCUT2D eigenvalue weighted by Crippen LogP contribution is 2.29. The lowest BCUT2D eigenvalue weighted by atomic mass is 10.2. The Kier molecular flexibility index (Phi) is 4.92. The minimum atomic E-state index is -4.40. The molecule has 2 aromatic rings. The molecule has 0 unspecified atom stereocenters. The molecule has 2 amide bonds. The number of anilines is 1. The predicted octanol–water partition coefficient (Wildman–Crippen LogP) is 4.68. The van der Waals surface area contributed by atoms with Gasteiger partial charge in [0, 0.05) is 17.3 Å². The van der Waals surface area contributed by atoms with Crippen molar-refractivity contribution in [2.75, 3.05) is 5.32 Å². The van der Waals surface area contributed by atoms with E-state index in [0.29, 0.717) is 5.02 Å². The summed E-state index contributed by atoms with van der Waals surface area (Å²) in [7, 11) is 0. The van der Waals surface area contributed by atoms with Crippen LogP contribution in [0.2, 0.25) is 5.02 Å². The molecule has 0 heterocycles. The van der Waals surface area contributed by atoms with Crippen molar-refractivity contribution in [3.63, 3.8) is 0 Å². The van der Waals surface area contributed by atoms with E-state index in [1.807, 2.05) is 0 Å². The molecule has 0 bridgehead atoms. The molecule has 0 radical (unpaired) electrons. The molecule has 0 spiro atoms. The van der Waals surface area contributed by atoms with Crippen LogP contribution in [0.15, 0.2) is 48.5 Å². The monoisotopic (exact) mass is 328 g/mol. The second-order valence-electron chi connectivity index (χ2n) is 4.47. The Morgan fingerprint density at radius 2 is 1.68 bits per heavy atom. The summed E-state index contributed by atoms with van der Waals surface area (Å²) in [6.45, 7) is 0.214. The van der Waals surface area contributed by atoms with E-state index in [0.717, 1.165) is 17.7 Å². The smallest absolute Gasteiger partial charge is 0.334 e. The number of urea groups is 1. The van der Waals surface area contributed by atoms with Crippen molar-refractivity contribution in [1.29, 1.82) is 0 Å². The maximum absolute atomic E-state index is 12.4. The number of benzene rings is 2. The second kappa shape index (κ2) is 6.70. The second-order valence-corrected chi connectivity index (χ2v) is 4.88. The summed E-state index contributed by atoms with van der Waals surface area (Å²) in [4.78, 5) is 11.7. The van der Waals surface area contributed by atoms with Crippen LogP contribution >= 0.6 is 11.6 Å². The number of halogens is 4. The fourth-order valence-electron chi connectivity index (χ4n) is 1.74. The Morgan fingerprint density at radius 1 is 1.05 bits per heavy atom. The number of alkyl halides is 3. The normalized spacial score (nSPS) is 11.1. The van der Waals surface area contributed by atoms with E-state index in [1.165, 1.54) is 12.1 Å². The van der Waals surface area contributed by atoms with Gasteiger partial charge in [0.05, 0.1) is 5.56 Å². The summed E-state index contributed by atoms with van der Waals surface area (Å²) in [5, 5.41) is 5.55. The van der Waals surface area contributed by atoms with Gasteiger partial charge in [-0.05, 0) is 35.9 Å². The number of hydrogen-bond donors (Lipinski definition) is 2. The maximum Gasteiger partial charge on any atom is 0.416 e. The molecule has 2 aromatic carbocycles. The van der Waals surface area contributed by atoms with Crippen LogP contribution in [0.25, 0.3) is 0 Å². The molecule has 0 aliphatic rings. The third-order valence-corrected chi connectivity index (χ3v) is 3.24. The van der Waals surface area contributed by atoms with Gasteiger partial charge >= 0.3 is 12.2 Å². The quantitative estimate of drug-likeness (QED) is 0.844. The average molecular weight is 329 g/mol. The highest BCUT2D eigenvalue weighted by molar-refractivity contribution is 6.31. The standard InChI is InChI=1S/C15H12ClF3N2O/c16-13-4-2-1-3-10(13)9-20-14(22)21-12-7-5-11(6-8-12)15(17,18)19/h1-8H,9H2,(H2,20,21,22). The van der Waals surface area contributed by atoms with Gasteiger partial charge in [0.25, 0.3) is 0 Å². The number of nitrogens with one attached hydrogen (secondary N) is 2. The summed E-state index contributed by atoms with van der Waals surface area (Å²) < 4.78 is 37.2. The van der Waals surface area contributed by atoms with E-state index in [1.54, 1.807) is 24.3 Å². The maximum atomic E-state index is 12.4. The van der Waals surface area contributed by atoms with Crippen molar-refractivity contribution in [3.05, 3.63) is 64.7 Å². The van der Waals surface area contributed by atoms with Crippen molar-refractivity contribution in [3.8, 4) is 0 Å². The van der Waals surface area contributed by atoms with Crippen molar-refractivity contribution in [2.24, 2.45) is 0 Å². The highest BCUT2D eigenvalue weighted by atomic mass is 35.5. The molecule has 0 fully saturated rings. The zero-order valence-electron chi connectivity index (χ0n) is 11.2. The fourth-order valence-corrected chi connectivity index (χ4v) is 1.94. The minimum Gasteiger partial charge on any atom is -0.334 e. The van der Waals surface area contributed by atoms with E-state index in [4.69, 9.17) is 11.6 Å². The third kappa shape index (κ3) is 4.39. The molecular formula is C15H12ClF3N2O. The Bertz CT molecular complexity index is 657. The lowest BCUT2D eigenvalue weighted by Crippen LogP contribution is -2.28. The zero-order valence-corrected chi connectivity index (χ0v) is 12.0. The van der Waals surface area contributed by atoms with Gasteiger partial charge < -0.3 is 10.6 Å². The third-order valence-electron chi connectivity index (χ3n) is 2.87. The van der Waals surface area contributed by atoms with Crippen molar-refractivity contribution in [2.45, 2.75) is 12.7 Å². The predicted molar refractivity (Wildman–Crippen MR) is 78.8 cm³/mol. The molecule has 22 heavy (non-hydrogen) atoms. The van der Waals surface area contributed by atoms with E-state index in [2.05, 4.69) is 10.6 Å². The molecule has 3 nitrogen and oxygen atoms in total. The lowest BCUT2D eigenvalue weighted by Gasteiger charge is -2.10. The summed E-state index contributed by atoms with van der Waals surface area (Å²) in [6.07, 6.45) is -4.40. The number of amides is 2. The molecule has 116 valence electrons. The molecular weight excluding hydrogens is 317 g/mol. The van der Waals surface area contributed by atoms with Crippen LogP contribution < -0.4 is 10.6 Å². The molecule has 0 aliphatic heterocycles. The SMILES string of the molecule is O=C(NCc1ccccc1Cl)Nc1ccc(C(F)(F)F)cc1. The Labute approximate surface area is 130 Å². The zero-order chi connectivity index (χ0) is 16.2. The Balaban J connectivity index is 1.91. The van der Waals surface area contributed by atoms with Crippen LogP contribution in [-0.4, -0.2) is 6.03 Å². The first kappa shape index (κ1) is 16.2. The molecule has 0 saturated heterocycles. The van der Waals surface area contributed by atoms with Gasteiger partial charge in [-0.25, -0.2) is 4.79 Å². The van der Waals surface area contributed by atoms with Crippen LogP contribution in [0.5, 0.6) is 0 Å². The highest BCUT2D eigenvalue weighted by Gasteiger charge is 2.29. The van der Waals surface area contributed by atoms with Crippen LogP contribution in [-0.2, 0) is 12.7 Å². The summed E-state index contributed by atoms with van der Waals surface area (Å²) in [5.74, 6) is 0. The Hall–Kier alpha value is -2.21. The Morgan fingerprint density at radius 3 is 2.27 bits per heavy atom. The van der Waals surface area contributed by atoms with Crippen molar-refractivity contribution < 1.29 is 18.0 Å². The van der Waals surface area contributed by atoms with Crippen LogP contribution in [0.3, 0.4) is 0 Å². The summed E-state index contributed by atoms with van der Waals surface area (Å²) in [5.41, 5.74) is 0.242. The summed E-state index contributed by atoms with van der Waals surface area (Å²) in [6, 6.07) is 10.7. The minimum absolute atomic E-state index is 0.214. The number of carbonyl (C=O) groups excluding carboxylic acids is 1. The first-order chi connectivity index (χ1) is 10.4.